The molecule has 40 heavy (non-hydrogen) atoms. The second-order valence-corrected chi connectivity index (χ2v) is 11.2. The minimum Gasteiger partial charge on any atom is -0.479 e. The number of ether oxygens (including phenoxy) is 2. The number of nitrogens with zero attached hydrogens (tertiary/aromatic N) is 6. The molecule has 11 nitrogen and oxygen atoms in total. The molecule has 4 heterocycles. The number of nitrogens with two attached hydrogens (primary N) is 1. The number of hydrogen-bond donors (Lipinski definition) is 2. The predicted octanol–water partition coefficient (Wildman–Crippen LogP) is 3.76. The van der Waals surface area contributed by atoms with Gasteiger partial charge in [-0.15, -0.1) is 0 Å². The van der Waals surface area contributed by atoms with Crippen LogP contribution in [-0.2, 0) is 14.3 Å². The predicted molar refractivity (Wildman–Crippen MR) is 152 cm³/mol. The lowest BCUT2D eigenvalue weighted by Gasteiger charge is -2.37. The van der Waals surface area contributed by atoms with Gasteiger partial charge in [-0.3, -0.25) is 4.90 Å². The molecule has 0 spiro atoms. The number of benzene rings is 1. The third-order valence-corrected chi connectivity index (χ3v) is 8.83. The number of halogens is 1. The average molecular weight is 611 g/mol. The molecule has 1 saturated heterocycles. The maximum Gasteiger partial charge on any atom is 0.335 e. The van der Waals surface area contributed by atoms with E-state index in [1.807, 2.05) is 41.2 Å². The number of nitrogen functional groups attached to an aromatic ring is 1. The second-order valence-electron chi connectivity index (χ2n) is 10.4. The lowest BCUT2D eigenvalue weighted by molar-refractivity contribution is -0.172. The van der Waals surface area contributed by atoms with Gasteiger partial charge in [-0.05, 0) is 53.7 Å². The number of para-hydroxylation sites is 1. The standard InChI is InChI=1S/C28H32BrN7O4/c29-23-24(19-6-8-28(9-7-19,27(37)38)40-15-12-34-10-13-39-14-11-34)33-26-22(17-32-36(26)25(23)30)20-16-31-35(18-20)21-4-2-1-3-5-21/h1-5,16-19H,6-15,30H2,(H,37,38)/t19-,28+. The highest BCUT2D eigenvalue weighted by Crippen LogP contribution is 2.43. The van der Waals surface area contributed by atoms with Gasteiger partial charge in [0.2, 0.25) is 0 Å². The molecular weight excluding hydrogens is 578 g/mol. The van der Waals surface area contributed by atoms with Crippen molar-refractivity contribution >= 4 is 33.4 Å². The summed E-state index contributed by atoms with van der Waals surface area (Å²) < 4.78 is 15.6. The number of anilines is 1. The molecule has 0 radical (unpaired) electrons. The number of aromatic nitrogens is 5. The maximum atomic E-state index is 12.3. The van der Waals surface area contributed by atoms with Gasteiger partial charge in [-0.1, -0.05) is 18.2 Å². The Bertz CT molecular complexity index is 1490. The van der Waals surface area contributed by atoms with Crippen molar-refractivity contribution in [2.45, 2.75) is 37.2 Å². The third kappa shape index (κ3) is 5.12. The summed E-state index contributed by atoms with van der Waals surface area (Å²) >= 11 is 3.65. The number of carboxylic acids is 1. The Morgan fingerprint density at radius 3 is 2.62 bits per heavy atom. The SMILES string of the molecule is Nc1c(Br)c([C@H]2CC[C@](OCCN3CCOCC3)(C(=O)O)CC2)nc2c(-c3cnn(-c4ccccc4)c3)cnn12. The summed E-state index contributed by atoms with van der Waals surface area (Å²) in [5, 5.41) is 19.1. The van der Waals surface area contributed by atoms with Gasteiger partial charge in [0, 0.05) is 42.9 Å². The van der Waals surface area contributed by atoms with Crippen LogP contribution in [0.4, 0.5) is 5.82 Å². The van der Waals surface area contributed by atoms with E-state index >= 15 is 0 Å². The topological polar surface area (TPSA) is 133 Å². The van der Waals surface area contributed by atoms with Gasteiger partial charge in [0.25, 0.3) is 0 Å². The molecule has 1 aromatic carbocycles. The molecule has 3 N–H and O–H groups in total. The number of carbonyl (C=O) groups is 1. The van der Waals surface area contributed by atoms with Crippen LogP contribution in [0.3, 0.4) is 0 Å². The fourth-order valence-electron chi connectivity index (χ4n) is 5.64. The van der Waals surface area contributed by atoms with E-state index in [9.17, 15) is 9.90 Å². The molecule has 2 fully saturated rings. The molecule has 2 aliphatic rings. The van der Waals surface area contributed by atoms with Gasteiger partial charge >= 0.3 is 5.97 Å². The molecule has 210 valence electrons. The summed E-state index contributed by atoms with van der Waals surface area (Å²) in [6.45, 7) is 4.18. The number of fused-ring (bicyclic) bond motifs is 1. The molecule has 0 bridgehead atoms. The molecule has 1 aliphatic carbocycles. The van der Waals surface area contributed by atoms with Gasteiger partial charge in [0.1, 0.15) is 5.82 Å². The Hall–Kier alpha value is -3.32. The van der Waals surface area contributed by atoms with Crippen molar-refractivity contribution in [3.05, 3.63) is 59.1 Å². The average Bonchev–Trinajstić information content (AvgIpc) is 3.64. The fraction of sp³-hybridized carbons (Fsp3) is 0.429. The smallest absolute Gasteiger partial charge is 0.335 e. The van der Waals surface area contributed by atoms with E-state index in [1.54, 1.807) is 16.9 Å². The number of hydrogen-bond acceptors (Lipinski definition) is 8. The Balaban J connectivity index is 1.21. The highest BCUT2D eigenvalue weighted by Gasteiger charge is 2.44. The first-order valence-corrected chi connectivity index (χ1v) is 14.3. The molecule has 4 aromatic rings. The minimum atomic E-state index is -1.18. The van der Waals surface area contributed by atoms with Crippen molar-refractivity contribution in [1.82, 2.24) is 29.3 Å². The molecule has 0 amide bonds. The van der Waals surface area contributed by atoms with Gasteiger partial charge in [-0.25, -0.2) is 14.5 Å². The first-order valence-electron chi connectivity index (χ1n) is 13.6. The molecule has 1 saturated carbocycles. The van der Waals surface area contributed by atoms with Crippen molar-refractivity contribution in [2.75, 3.05) is 45.2 Å². The van der Waals surface area contributed by atoms with E-state index < -0.39 is 11.6 Å². The maximum absolute atomic E-state index is 12.3. The van der Waals surface area contributed by atoms with Gasteiger partial charge in [0.15, 0.2) is 11.2 Å². The van der Waals surface area contributed by atoms with E-state index in [0.29, 0.717) is 68.0 Å². The second kappa shape index (κ2) is 11.3. The summed E-state index contributed by atoms with van der Waals surface area (Å²) in [5.41, 5.74) is 9.44. The third-order valence-electron chi connectivity index (χ3n) is 8.02. The van der Waals surface area contributed by atoms with Crippen LogP contribution in [0.2, 0.25) is 0 Å². The molecule has 12 heteroatoms. The summed E-state index contributed by atoms with van der Waals surface area (Å²) in [5.74, 6) is -0.409. The first kappa shape index (κ1) is 26.9. The lowest BCUT2D eigenvalue weighted by atomic mass is 9.77. The normalized spacial score (nSPS) is 22.1. The highest BCUT2D eigenvalue weighted by molar-refractivity contribution is 9.10. The zero-order valence-electron chi connectivity index (χ0n) is 22.1. The van der Waals surface area contributed by atoms with Crippen LogP contribution in [0.15, 0.2) is 53.4 Å². The lowest BCUT2D eigenvalue weighted by Crippen LogP contribution is -2.47. The van der Waals surface area contributed by atoms with Crippen molar-refractivity contribution < 1.29 is 19.4 Å². The Morgan fingerprint density at radius 1 is 1.15 bits per heavy atom. The van der Waals surface area contributed by atoms with Crippen LogP contribution in [0.5, 0.6) is 0 Å². The monoisotopic (exact) mass is 609 g/mol. The van der Waals surface area contributed by atoms with Crippen LogP contribution < -0.4 is 5.73 Å². The summed E-state index contributed by atoms with van der Waals surface area (Å²) in [7, 11) is 0. The number of carboxylic acid groups (broad SMARTS) is 1. The highest BCUT2D eigenvalue weighted by atomic mass is 79.9. The summed E-state index contributed by atoms with van der Waals surface area (Å²) in [4.78, 5) is 19.6. The Kier molecular flexibility index (Phi) is 7.58. The quantitative estimate of drug-likeness (QED) is 0.306. The van der Waals surface area contributed by atoms with Crippen LogP contribution in [0.1, 0.15) is 37.3 Å². The zero-order valence-corrected chi connectivity index (χ0v) is 23.7. The molecule has 3 aromatic heterocycles. The molecular formula is C28H32BrN7O4. The summed E-state index contributed by atoms with van der Waals surface area (Å²) in [6.07, 6.45) is 7.55. The molecule has 1 aliphatic heterocycles. The molecule has 6 rings (SSSR count). The fourth-order valence-corrected chi connectivity index (χ4v) is 6.22. The minimum absolute atomic E-state index is 0.0341. The van der Waals surface area contributed by atoms with E-state index in [0.717, 1.165) is 35.6 Å². The number of aliphatic carboxylic acids is 1. The number of morpholine rings is 1. The van der Waals surface area contributed by atoms with Gasteiger partial charge < -0.3 is 20.3 Å². The van der Waals surface area contributed by atoms with Gasteiger partial charge in [0.05, 0.1) is 48.1 Å². The van der Waals surface area contributed by atoms with Crippen molar-refractivity contribution in [3.63, 3.8) is 0 Å². The van der Waals surface area contributed by atoms with Crippen LogP contribution >= 0.6 is 15.9 Å². The summed E-state index contributed by atoms with van der Waals surface area (Å²) in [6, 6.07) is 9.89. The Morgan fingerprint density at radius 2 is 1.90 bits per heavy atom. The van der Waals surface area contributed by atoms with E-state index in [4.69, 9.17) is 20.2 Å². The first-order chi connectivity index (χ1) is 19.4. The molecule has 0 unspecified atom stereocenters. The number of rotatable bonds is 8. The van der Waals surface area contributed by atoms with Gasteiger partial charge in [-0.2, -0.15) is 14.7 Å². The van der Waals surface area contributed by atoms with Crippen molar-refractivity contribution in [3.8, 4) is 16.8 Å². The Labute approximate surface area is 240 Å². The zero-order chi connectivity index (χ0) is 27.7. The van der Waals surface area contributed by atoms with Crippen LogP contribution in [0.25, 0.3) is 22.5 Å². The largest absolute Gasteiger partial charge is 0.479 e. The van der Waals surface area contributed by atoms with Crippen LogP contribution in [0, 0.1) is 0 Å². The van der Waals surface area contributed by atoms with Crippen LogP contribution in [-0.4, -0.2) is 85.4 Å². The van der Waals surface area contributed by atoms with E-state index in [2.05, 4.69) is 31.0 Å². The van der Waals surface area contributed by atoms with E-state index in [-0.39, 0.29) is 5.92 Å². The van der Waals surface area contributed by atoms with E-state index in [1.165, 1.54) is 0 Å². The van der Waals surface area contributed by atoms with Crippen molar-refractivity contribution in [1.29, 1.82) is 0 Å². The van der Waals surface area contributed by atoms with Crippen molar-refractivity contribution in [2.24, 2.45) is 0 Å². The molecule has 0 atom stereocenters.